The van der Waals surface area contributed by atoms with Gasteiger partial charge in [-0.1, -0.05) is 25.3 Å². The molecule has 200 valence electrons. The lowest BCUT2D eigenvalue weighted by atomic mass is 9.87. The summed E-state index contributed by atoms with van der Waals surface area (Å²) in [5, 5.41) is 20.4. The lowest BCUT2D eigenvalue weighted by Crippen LogP contribution is -2.52. The second kappa shape index (κ2) is 12.8. The summed E-state index contributed by atoms with van der Waals surface area (Å²) in [6, 6.07) is 6.66. The predicted octanol–water partition coefficient (Wildman–Crippen LogP) is 2.95. The average molecular weight is 511 g/mol. The fraction of sp³-hybridized carbons (Fsp3) is 0.556. The van der Waals surface area contributed by atoms with Gasteiger partial charge in [0, 0.05) is 49.8 Å². The molecule has 2 aliphatic rings. The van der Waals surface area contributed by atoms with E-state index in [1.807, 2.05) is 4.68 Å². The van der Waals surface area contributed by atoms with Crippen LogP contribution >= 0.6 is 0 Å². The maximum Gasteiger partial charge on any atom is 0.414 e. The fourth-order valence-corrected chi connectivity index (χ4v) is 5.55. The van der Waals surface area contributed by atoms with Gasteiger partial charge in [0.05, 0.1) is 6.54 Å². The van der Waals surface area contributed by atoms with Gasteiger partial charge in [0.2, 0.25) is 0 Å². The van der Waals surface area contributed by atoms with Crippen LogP contribution in [0, 0.1) is 11.8 Å². The minimum absolute atomic E-state index is 0.763. The van der Waals surface area contributed by atoms with Gasteiger partial charge in [-0.15, -0.1) is 0 Å². The van der Waals surface area contributed by atoms with Crippen LogP contribution in [-0.2, 0) is 22.6 Å². The number of hydrogen-bond donors (Lipinski definition) is 3. The summed E-state index contributed by atoms with van der Waals surface area (Å²) in [5.74, 6) is -1.82. The molecule has 2 aromatic heterocycles. The first-order valence-corrected chi connectivity index (χ1v) is 13.2. The van der Waals surface area contributed by atoms with Gasteiger partial charge >= 0.3 is 11.9 Å². The fourth-order valence-electron chi connectivity index (χ4n) is 5.55. The SMILES string of the molecule is CN(CCc1c[nH]c2ccc(Cn3cncn3)cc12)CC1CN(CC2CCCCC2)C1.O=C(O)C(=O)O. The van der Waals surface area contributed by atoms with Crippen molar-refractivity contribution >= 4 is 22.8 Å². The number of carboxylic acid groups (broad SMARTS) is 2. The first-order valence-electron chi connectivity index (χ1n) is 13.2. The largest absolute Gasteiger partial charge is 0.473 e. The number of aliphatic carboxylic acids is 2. The number of carbonyl (C=O) groups is 2. The van der Waals surface area contributed by atoms with Crippen LogP contribution in [0.25, 0.3) is 10.9 Å². The molecular weight excluding hydrogens is 472 g/mol. The highest BCUT2D eigenvalue weighted by atomic mass is 16.4. The molecule has 0 spiro atoms. The van der Waals surface area contributed by atoms with Crippen molar-refractivity contribution in [3.63, 3.8) is 0 Å². The van der Waals surface area contributed by atoms with E-state index < -0.39 is 11.9 Å². The van der Waals surface area contributed by atoms with Gasteiger partial charge in [-0.3, -0.25) is 0 Å². The Morgan fingerprint density at radius 1 is 1.11 bits per heavy atom. The highest BCUT2D eigenvalue weighted by Crippen LogP contribution is 2.27. The number of aromatic amines is 1. The molecule has 1 aliphatic carbocycles. The Morgan fingerprint density at radius 3 is 2.54 bits per heavy atom. The number of H-pyrrole nitrogens is 1. The van der Waals surface area contributed by atoms with Crippen LogP contribution in [-0.4, -0.2) is 91.5 Å². The second-order valence-electron chi connectivity index (χ2n) is 10.5. The molecule has 0 radical (unpaired) electrons. The third kappa shape index (κ3) is 7.87. The smallest absolute Gasteiger partial charge is 0.414 e. The second-order valence-corrected chi connectivity index (χ2v) is 10.5. The van der Waals surface area contributed by atoms with E-state index in [0.717, 1.165) is 31.3 Å². The van der Waals surface area contributed by atoms with Crippen molar-refractivity contribution < 1.29 is 19.8 Å². The zero-order valence-corrected chi connectivity index (χ0v) is 21.6. The molecule has 0 unspecified atom stereocenters. The average Bonchev–Trinajstić information content (AvgIpc) is 3.52. The number of likely N-dealkylation sites (N-methyl/N-ethyl adjacent to an activating group) is 1. The van der Waals surface area contributed by atoms with E-state index in [4.69, 9.17) is 19.8 Å². The van der Waals surface area contributed by atoms with Crippen molar-refractivity contribution in [2.24, 2.45) is 11.8 Å². The van der Waals surface area contributed by atoms with Gasteiger partial charge in [0.15, 0.2) is 0 Å². The van der Waals surface area contributed by atoms with Crippen LogP contribution < -0.4 is 0 Å². The van der Waals surface area contributed by atoms with Crippen molar-refractivity contribution in [2.75, 3.05) is 39.8 Å². The number of aromatic nitrogens is 4. The van der Waals surface area contributed by atoms with Gasteiger partial charge in [-0.25, -0.2) is 19.3 Å². The molecule has 0 amide bonds. The number of rotatable bonds is 9. The molecule has 10 heteroatoms. The zero-order chi connectivity index (χ0) is 26.2. The minimum atomic E-state index is -1.82. The monoisotopic (exact) mass is 510 g/mol. The van der Waals surface area contributed by atoms with Crippen LogP contribution in [0.1, 0.15) is 43.2 Å². The number of benzene rings is 1. The van der Waals surface area contributed by atoms with Crippen LogP contribution in [0.5, 0.6) is 0 Å². The quantitative estimate of drug-likeness (QED) is 0.375. The Bertz CT molecular complexity index is 1140. The third-order valence-corrected chi connectivity index (χ3v) is 7.43. The molecule has 3 heterocycles. The number of nitrogens with one attached hydrogen (secondary N) is 1. The van der Waals surface area contributed by atoms with E-state index in [1.165, 1.54) is 80.3 Å². The lowest BCUT2D eigenvalue weighted by Gasteiger charge is -2.43. The summed E-state index contributed by atoms with van der Waals surface area (Å²) in [6.45, 7) is 7.06. The summed E-state index contributed by atoms with van der Waals surface area (Å²) in [5.41, 5.74) is 3.90. The summed E-state index contributed by atoms with van der Waals surface area (Å²) in [6.07, 6.45) is 13.9. The Labute approximate surface area is 217 Å². The van der Waals surface area contributed by atoms with E-state index in [1.54, 1.807) is 12.7 Å². The third-order valence-electron chi connectivity index (χ3n) is 7.43. The minimum Gasteiger partial charge on any atom is -0.473 e. The molecule has 10 nitrogen and oxygen atoms in total. The summed E-state index contributed by atoms with van der Waals surface area (Å²) in [7, 11) is 2.29. The molecule has 37 heavy (non-hydrogen) atoms. The van der Waals surface area contributed by atoms with Crippen molar-refractivity contribution in [3.8, 4) is 0 Å². The molecule has 3 N–H and O–H groups in total. The number of fused-ring (bicyclic) bond motifs is 1. The van der Waals surface area contributed by atoms with E-state index >= 15 is 0 Å². The van der Waals surface area contributed by atoms with Crippen LogP contribution in [0.15, 0.2) is 37.1 Å². The highest BCUT2D eigenvalue weighted by Gasteiger charge is 2.29. The zero-order valence-electron chi connectivity index (χ0n) is 21.6. The van der Waals surface area contributed by atoms with Crippen LogP contribution in [0.3, 0.4) is 0 Å². The van der Waals surface area contributed by atoms with E-state index in [2.05, 4.69) is 56.3 Å². The summed E-state index contributed by atoms with van der Waals surface area (Å²) < 4.78 is 1.87. The maximum absolute atomic E-state index is 9.10. The molecule has 5 rings (SSSR count). The number of carboxylic acids is 2. The van der Waals surface area contributed by atoms with Crippen molar-refractivity contribution in [2.45, 2.75) is 45.1 Å². The Hall–Kier alpha value is -3.24. The number of likely N-dealkylation sites (tertiary alicyclic amines) is 1. The van der Waals surface area contributed by atoms with E-state index in [0.29, 0.717) is 0 Å². The molecule has 2 fully saturated rings. The first kappa shape index (κ1) is 26.8. The first-order chi connectivity index (χ1) is 17.9. The highest BCUT2D eigenvalue weighted by molar-refractivity contribution is 6.27. The van der Waals surface area contributed by atoms with Gasteiger partial charge in [-0.05, 0) is 61.4 Å². The standard InChI is InChI=1S/C25H36N6.C2H2O4/c1-29(13-22-15-30(16-22)14-20-5-3-2-4-6-20)10-9-23-12-27-25-8-7-21(11-24(23)25)17-31-19-26-18-28-31;3-1(4)2(5)6/h7-8,11-12,18-20,22,27H,2-6,9-10,13-17H2,1H3;(H,3,4)(H,5,6). The molecule has 0 bridgehead atoms. The molecule has 1 saturated carbocycles. The number of hydrogen-bond acceptors (Lipinski definition) is 6. The van der Waals surface area contributed by atoms with Crippen LogP contribution in [0.4, 0.5) is 0 Å². The van der Waals surface area contributed by atoms with Crippen molar-refractivity contribution in [3.05, 3.63) is 48.2 Å². The van der Waals surface area contributed by atoms with E-state index in [-0.39, 0.29) is 0 Å². The molecule has 1 aromatic carbocycles. The molecule has 1 aliphatic heterocycles. The van der Waals surface area contributed by atoms with Gasteiger partial charge < -0.3 is 25.0 Å². The molecule has 1 saturated heterocycles. The summed E-state index contributed by atoms with van der Waals surface area (Å²) in [4.78, 5) is 30.9. The van der Waals surface area contributed by atoms with Gasteiger partial charge in [0.1, 0.15) is 12.7 Å². The molecule has 0 atom stereocenters. The lowest BCUT2D eigenvalue weighted by molar-refractivity contribution is -0.159. The van der Waals surface area contributed by atoms with Gasteiger partial charge in [-0.2, -0.15) is 5.10 Å². The van der Waals surface area contributed by atoms with E-state index in [9.17, 15) is 0 Å². The number of nitrogens with zero attached hydrogens (tertiary/aromatic N) is 5. The normalized spacial score (nSPS) is 16.9. The predicted molar refractivity (Wildman–Crippen MR) is 140 cm³/mol. The van der Waals surface area contributed by atoms with Gasteiger partial charge in [0.25, 0.3) is 0 Å². The van der Waals surface area contributed by atoms with Crippen molar-refractivity contribution in [1.82, 2.24) is 29.5 Å². The molecular formula is C27H38N6O4. The maximum atomic E-state index is 9.10. The summed E-state index contributed by atoms with van der Waals surface area (Å²) >= 11 is 0. The Balaban J connectivity index is 0.000000480. The Kier molecular flexibility index (Phi) is 9.29. The topological polar surface area (TPSA) is 128 Å². The molecule has 3 aromatic rings. The Morgan fingerprint density at radius 2 is 1.86 bits per heavy atom. The van der Waals surface area contributed by atoms with Crippen LogP contribution in [0.2, 0.25) is 0 Å². The van der Waals surface area contributed by atoms with Crippen molar-refractivity contribution in [1.29, 1.82) is 0 Å².